The molecule has 6 rings (SSSR count). The van der Waals surface area contributed by atoms with E-state index in [9.17, 15) is 4.79 Å². The molecule has 0 saturated carbocycles. The van der Waals surface area contributed by atoms with Gasteiger partial charge in [-0.25, -0.2) is 8.78 Å². The molecule has 1 amide bonds. The summed E-state index contributed by atoms with van der Waals surface area (Å²) in [6.45, 7) is -1.62. The van der Waals surface area contributed by atoms with E-state index < -0.39 is 36.1 Å². The van der Waals surface area contributed by atoms with E-state index in [0.717, 1.165) is 17.7 Å². The molecule has 0 atom stereocenters. The molecule has 0 bridgehead atoms. The van der Waals surface area contributed by atoms with Gasteiger partial charge in [0.2, 0.25) is 0 Å². The molecule has 0 unspecified atom stereocenters. The third-order valence-electron chi connectivity index (χ3n) is 6.51. The molecular formula is C27H24F2N4O3. The van der Waals surface area contributed by atoms with Crippen LogP contribution in [0, 0.1) is 11.6 Å². The van der Waals surface area contributed by atoms with Crippen LogP contribution >= 0.6 is 0 Å². The molecule has 184 valence electrons. The molecule has 0 aliphatic carbocycles. The first-order chi connectivity index (χ1) is 18.2. The van der Waals surface area contributed by atoms with Gasteiger partial charge in [-0.05, 0) is 47.5 Å². The third kappa shape index (κ3) is 3.99. The zero-order valence-electron chi connectivity index (χ0n) is 21.5. The number of carbonyl (C=O) groups is 1. The van der Waals surface area contributed by atoms with Crippen LogP contribution in [0.4, 0.5) is 8.78 Å². The van der Waals surface area contributed by atoms with E-state index in [2.05, 4.69) is 10.1 Å². The molecule has 4 aromatic rings. The van der Waals surface area contributed by atoms with E-state index in [0.29, 0.717) is 41.0 Å². The van der Waals surface area contributed by atoms with Crippen molar-refractivity contribution in [2.75, 3.05) is 13.2 Å². The predicted octanol–water partition coefficient (Wildman–Crippen LogP) is 4.63. The van der Waals surface area contributed by atoms with Crippen molar-refractivity contribution < 1.29 is 25.8 Å². The Morgan fingerprint density at radius 1 is 1.17 bits per heavy atom. The zero-order valence-corrected chi connectivity index (χ0v) is 19.5. The highest BCUT2D eigenvalue weighted by atomic mass is 19.1. The molecule has 2 aliphatic heterocycles. The fourth-order valence-electron chi connectivity index (χ4n) is 4.69. The number of fused-ring (bicyclic) bond motifs is 2. The summed E-state index contributed by atoms with van der Waals surface area (Å²) >= 11 is 0. The number of pyridine rings is 1. The smallest absolute Gasteiger partial charge is 0.256 e. The normalized spacial score (nSPS) is 18.3. The number of amides is 1. The molecule has 0 spiro atoms. The molecule has 4 heterocycles. The van der Waals surface area contributed by atoms with Crippen LogP contribution in [0.2, 0.25) is 0 Å². The molecule has 0 N–H and O–H groups in total. The van der Waals surface area contributed by atoms with Gasteiger partial charge in [0.05, 0.1) is 40.3 Å². The Morgan fingerprint density at radius 2 is 1.94 bits per heavy atom. The monoisotopic (exact) mass is 492 g/mol. The lowest BCUT2D eigenvalue weighted by atomic mass is 9.99. The Balaban J connectivity index is 1.34. The summed E-state index contributed by atoms with van der Waals surface area (Å²) in [6, 6.07) is 8.86. The number of rotatable bonds is 5. The van der Waals surface area contributed by atoms with Gasteiger partial charge in [-0.2, -0.15) is 5.10 Å². The maximum Gasteiger partial charge on any atom is 0.256 e. The maximum absolute atomic E-state index is 15.4. The summed E-state index contributed by atoms with van der Waals surface area (Å²) < 4.78 is 60.7. The molecule has 36 heavy (non-hydrogen) atoms. The number of aromatic nitrogens is 3. The number of benzene rings is 2. The number of aryl methyl sites for hydroxylation is 1. The van der Waals surface area contributed by atoms with Crippen LogP contribution in [-0.2, 0) is 24.8 Å². The first-order valence-corrected chi connectivity index (χ1v) is 11.7. The van der Waals surface area contributed by atoms with E-state index in [4.69, 9.17) is 12.2 Å². The first-order valence-electron chi connectivity index (χ1n) is 12.7. The summed E-state index contributed by atoms with van der Waals surface area (Å²) in [7, 11) is 1.76. The average molecular weight is 493 g/mol. The van der Waals surface area contributed by atoms with E-state index in [1.54, 1.807) is 30.1 Å². The lowest BCUT2D eigenvalue weighted by Gasteiger charge is -2.23. The van der Waals surface area contributed by atoms with Crippen LogP contribution in [0.15, 0.2) is 48.8 Å². The standard InChI is InChI=1S/C27H24F2N4O3/c1-32-13-20-18(4-5-25(26(20)31-32)36-17-6-9-35-10-7-17)16-11-22(28)21(23(29)12-16)14-33-15-24-19(27(33)34)3-2-8-30-24/h2-5,8,11-13,17H,6-7,9-10,14-15H2,1H3/i15D2. The van der Waals surface area contributed by atoms with Crippen molar-refractivity contribution >= 4 is 16.8 Å². The summed E-state index contributed by atoms with van der Waals surface area (Å²) in [5, 5.41) is 5.20. The van der Waals surface area contributed by atoms with Crippen LogP contribution in [0.1, 0.15) is 37.2 Å². The minimum Gasteiger partial charge on any atom is -0.488 e. The number of carbonyl (C=O) groups excluding carboxylic acids is 1. The van der Waals surface area contributed by atoms with Crippen molar-refractivity contribution in [2.45, 2.75) is 32.0 Å². The first kappa shape index (κ1) is 20.4. The highest BCUT2D eigenvalue weighted by molar-refractivity contribution is 5.98. The van der Waals surface area contributed by atoms with Crippen LogP contribution in [0.3, 0.4) is 0 Å². The van der Waals surface area contributed by atoms with Crippen LogP contribution in [0.5, 0.6) is 5.75 Å². The van der Waals surface area contributed by atoms with Crippen molar-refractivity contribution in [1.82, 2.24) is 19.7 Å². The number of ether oxygens (including phenoxy) is 2. The average Bonchev–Trinajstić information content (AvgIpc) is 3.38. The molecule has 2 aromatic heterocycles. The second-order valence-corrected chi connectivity index (χ2v) is 8.93. The minimum absolute atomic E-state index is 0.00445. The Hall–Kier alpha value is -3.85. The fourth-order valence-corrected chi connectivity index (χ4v) is 4.69. The molecule has 1 fully saturated rings. The van der Waals surface area contributed by atoms with E-state index in [-0.39, 0.29) is 17.4 Å². The number of hydrogen-bond acceptors (Lipinski definition) is 5. The van der Waals surface area contributed by atoms with E-state index >= 15 is 8.78 Å². The third-order valence-corrected chi connectivity index (χ3v) is 6.51. The second-order valence-electron chi connectivity index (χ2n) is 8.93. The summed E-state index contributed by atoms with van der Waals surface area (Å²) in [5.41, 5.74) is 1.06. The summed E-state index contributed by atoms with van der Waals surface area (Å²) in [4.78, 5) is 17.6. The van der Waals surface area contributed by atoms with E-state index in [1.165, 1.54) is 30.5 Å². The van der Waals surface area contributed by atoms with Crippen molar-refractivity contribution in [3.8, 4) is 16.9 Å². The molecule has 2 aliphatic rings. The van der Waals surface area contributed by atoms with Gasteiger partial charge in [0.1, 0.15) is 29.0 Å². The van der Waals surface area contributed by atoms with Crippen molar-refractivity contribution in [2.24, 2.45) is 7.05 Å². The maximum atomic E-state index is 15.4. The minimum atomic E-state index is -2.30. The van der Waals surface area contributed by atoms with E-state index in [1.807, 2.05) is 0 Å². The van der Waals surface area contributed by atoms with Gasteiger partial charge in [0.25, 0.3) is 5.91 Å². The Labute approximate surface area is 209 Å². The molecule has 7 nitrogen and oxygen atoms in total. The molecule has 9 heteroatoms. The quantitative estimate of drug-likeness (QED) is 0.407. The Kier molecular flexibility index (Phi) is 5.08. The van der Waals surface area contributed by atoms with Crippen molar-refractivity contribution in [3.05, 3.63) is 77.2 Å². The van der Waals surface area contributed by atoms with Crippen LogP contribution < -0.4 is 4.74 Å². The SMILES string of the molecule is [2H]C1([2H])c2ncccc2C(=O)N1Cc1c(F)cc(-c2ccc(OC3CCOCC3)c3nn(C)cc23)cc1F. The van der Waals surface area contributed by atoms with Gasteiger partial charge >= 0.3 is 0 Å². The van der Waals surface area contributed by atoms with Gasteiger partial charge in [0.15, 0.2) is 0 Å². The lowest BCUT2D eigenvalue weighted by molar-refractivity contribution is 0.0261. The van der Waals surface area contributed by atoms with Gasteiger partial charge in [-0.1, -0.05) is 0 Å². The zero-order chi connectivity index (χ0) is 26.6. The number of nitrogens with zero attached hydrogens (tertiary/aromatic N) is 4. The largest absolute Gasteiger partial charge is 0.488 e. The fraction of sp³-hybridized carbons (Fsp3) is 0.296. The van der Waals surface area contributed by atoms with Crippen molar-refractivity contribution in [1.29, 1.82) is 0 Å². The topological polar surface area (TPSA) is 69.5 Å². The Bertz CT molecular complexity index is 1550. The van der Waals surface area contributed by atoms with Crippen LogP contribution in [0.25, 0.3) is 22.0 Å². The van der Waals surface area contributed by atoms with Gasteiger partial charge < -0.3 is 14.4 Å². The lowest BCUT2D eigenvalue weighted by Crippen LogP contribution is -2.25. The van der Waals surface area contributed by atoms with Crippen molar-refractivity contribution in [3.63, 3.8) is 0 Å². The van der Waals surface area contributed by atoms with Gasteiger partial charge in [-0.3, -0.25) is 14.5 Å². The summed E-state index contributed by atoms with van der Waals surface area (Å²) in [5.74, 6) is -1.84. The number of halogens is 2. The van der Waals surface area contributed by atoms with Gasteiger partial charge in [-0.15, -0.1) is 0 Å². The highest BCUT2D eigenvalue weighted by Crippen LogP contribution is 2.36. The van der Waals surface area contributed by atoms with Crippen LogP contribution in [-0.4, -0.2) is 44.9 Å². The molecule has 1 saturated heterocycles. The Morgan fingerprint density at radius 3 is 2.69 bits per heavy atom. The molecule has 2 aromatic carbocycles. The van der Waals surface area contributed by atoms with Gasteiger partial charge in [0, 0.05) is 43.2 Å². The molecule has 0 radical (unpaired) electrons. The predicted molar refractivity (Wildman–Crippen MR) is 128 cm³/mol. The molecular weight excluding hydrogens is 466 g/mol. The number of hydrogen-bond donors (Lipinski definition) is 0. The summed E-state index contributed by atoms with van der Waals surface area (Å²) in [6.07, 6.45) is 4.69. The second kappa shape index (κ2) is 8.98. The highest BCUT2D eigenvalue weighted by Gasteiger charge is 2.30.